The van der Waals surface area contributed by atoms with Crippen molar-refractivity contribution in [3.63, 3.8) is 0 Å². The summed E-state index contributed by atoms with van der Waals surface area (Å²) in [6, 6.07) is 11.7. The van der Waals surface area contributed by atoms with Gasteiger partial charge in [0.1, 0.15) is 5.82 Å². The monoisotopic (exact) mass is 295 g/mol. The van der Waals surface area contributed by atoms with Gasteiger partial charge in [0, 0.05) is 5.56 Å². The van der Waals surface area contributed by atoms with Crippen LogP contribution in [0.4, 0.5) is 4.39 Å². The van der Waals surface area contributed by atoms with E-state index in [2.05, 4.69) is 4.99 Å². The van der Waals surface area contributed by atoms with Crippen molar-refractivity contribution < 1.29 is 13.9 Å². The summed E-state index contributed by atoms with van der Waals surface area (Å²) >= 11 is 0. The molecular weight excluding hydrogens is 281 g/mol. The van der Waals surface area contributed by atoms with Crippen LogP contribution in [0.3, 0.4) is 0 Å². The van der Waals surface area contributed by atoms with Crippen LogP contribution in [0.25, 0.3) is 6.08 Å². The highest BCUT2D eigenvalue weighted by Gasteiger charge is 2.24. The second-order valence-electron chi connectivity index (χ2n) is 5.26. The molecule has 0 radical (unpaired) electrons. The zero-order chi connectivity index (χ0) is 15.7. The molecule has 1 heterocycles. The lowest BCUT2D eigenvalue weighted by molar-refractivity contribution is -0.129. The summed E-state index contributed by atoms with van der Waals surface area (Å²) in [5.41, 5.74) is 3.82. The number of ether oxygens (including phenoxy) is 1. The molecule has 0 saturated heterocycles. The maximum absolute atomic E-state index is 12.9. The maximum atomic E-state index is 12.9. The average Bonchev–Trinajstić information content (AvgIpc) is 2.82. The predicted molar refractivity (Wildman–Crippen MR) is 82.9 cm³/mol. The highest BCUT2D eigenvalue weighted by Crippen LogP contribution is 2.20. The Labute approximate surface area is 127 Å². The van der Waals surface area contributed by atoms with Crippen LogP contribution < -0.4 is 0 Å². The Morgan fingerprint density at radius 3 is 2.32 bits per heavy atom. The Morgan fingerprint density at radius 2 is 1.68 bits per heavy atom. The molecule has 3 rings (SSSR count). The molecule has 2 aromatic rings. The fourth-order valence-corrected chi connectivity index (χ4v) is 2.35. The second kappa shape index (κ2) is 5.56. The van der Waals surface area contributed by atoms with E-state index < -0.39 is 5.97 Å². The van der Waals surface area contributed by atoms with Gasteiger partial charge in [0.05, 0.1) is 0 Å². The lowest BCUT2D eigenvalue weighted by Gasteiger charge is -2.03. The molecule has 22 heavy (non-hydrogen) atoms. The molecule has 110 valence electrons. The van der Waals surface area contributed by atoms with Crippen molar-refractivity contribution in [1.82, 2.24) is 0 Å². The van der Waals surface area contributed by atoms with E-state index in [-0.39, 0.29) is 11.5 Å². The number of cyclic esters (lactones) is 1. The number of aliphatic imine (C=N–C) groups is 1. The molecule has 4 heteroatoms. The lowest BCUT2D eigenvalue weighted by Crippen LogP contribution is -2.05. The average molecular weight is 295 g/mol. The Morgan fingerprint density at radius 1 is 1.05 bits per heavy atom. The molecule has 0 atom stereocenters. The molecule has 0 unspecified atom stereocenters. The standard InChI is InChI=1S/C18H14FNO2/c1-11-7-12(2)9-14(8-11)17-20-16(18(21)22-17)10-13-3-5-15(19)6-4-13/h3-10H,1-2H3/b16-10-. The molecule has 1 aliphatic rings. The van der Waals surface area contributed by atoms with Gasteiger partial charge in [-0.3, -0.25) is 0 Å². The summed E-state index contributed by atoms with van der Waals surface area (Å²) < 4.78 is 18.1. The fraction of sp³-hybridized carbons (Fsp3) is 0.111. The van der Waals surface area contributed by atoms with Crippen molar-refractivity contribution in [3.05, 3.63) is 76.2 Å². The normalized spacial score (nSPS) is 15.9. The van der Waals surface area contributed by atoms with Gasteiger partial charge in [-0.15, -0.1) is 0 Å². The minimum Gasteiger partial charge on any atom is -0.402 e. The van der Waals surface area contributed by atoms with E-state index >= 15 is 0 Å². The van der Waals surface area contributed by atoms with E-state index in [4.69, 9.17) is 4.74 Å². The van der Waals surface area contributed by atoms with Crippen LogP contribution >= 0.6 is 0 Å². The summed E-state index contributed by atoms with van der Waals surface area (Å²) in [6.45, 7) is 3.95. The molecule has 0 N–H and O–H groups in total. The van der Waals surface area contributed by atoms with Crippen LogP contribution in [0.5, 0.6) is 0 Å². The Balaban J connectivity index is 1.95. The molecule has 2 aromatic carbocycles. The van der Waals surface area contributed by atoms with E-state index in [9.17, 15) is 9.18 Å². The quantitative estimate of drug-likeness (QED) is 0.624. The third-order valence-corrected chi connectivity index (χ3v) is 3.26. The van der Waals surface area contributed by atoms with E-state index in [1.807, 2.05) is 32.0 Å². The van der Waals surface area contributed by atoms with Gasteiger partial charge in [-0.1, -0.05) is 29.3 Å². The molecule has 3 nitrogen and oxygen atoms in total. The van der Waals surface area contributed by atoms with Crippen molar-refractivity contribution in [3.8, 4) is 0 Å². The van der Waals surface area contributed by atoms with E-state index in [0.29, 0.717) is 11.5 Å². The number of hydrogen-bond acceptors (Lipinski definition) is 3. The maximum Gasteiger partial charge on any atom is 0.363 e. The largest absolute Gasteiger partial charge is 0.402 e. The van der Waals surface area contributed by atoms with E-state index in [0.717, 1.165) is 16.7 Å². The summed E-state index contributed by atoms with van der Waals surface area (Å²) in [6.07, 6.45) is 1.58. The molecule has 0 spiro atoms. The number of benzene rings is 2. The fourth-order valence-electron chi connectivity index (χ4n) is 2.35. The molecular formula is C18H14FNO2. The molecule has 0 aromatic heterocycles. The molecule has 0 fully saturated rings. The van der Waals surface area contributed by atoms with Gasteiger partial charge in [0.15, 0.2) is 5.70 Å². The first-order valence-corrected chi connectivity index (χ1v) is 6.88. The molecule has 0 amide bonds. The van der Waals surface area contributed by atoms with Crippen LogP contribution in [0, 0.1) is 19.7 Å². The number of aryl methyl sites for hydroxylation is 2. The van der Waals surface area contributed by atoms with Crippen LogP contribution in [0.1, 0.15) is 22.3 Å². The first-order valence-electron chi connectivity index (χ1n) is 6.88. The van der Waals surface area contributed by atoms with Crippen LogP contribution in [-0.2, 0) is 9.53 Å². The van der Waals surface area contributed by atoms with Crippen molar-refractivity contribution in [1.29, 1.82) is 0 Å². The molecule has 0 aliphatic carbocycles. The predicted octanol–water partition coefficient (Wildman–Crippen LogP) is 3.79. The molecule has 1 aliphatic heterocycles. The van der Waals surface area contributed by atoms with Gasteiger partial charge < -0.3 is 4.74 Å². The summed E-state index contributed by atoms with van der Waals surface area (Å²) in [5, 5.41) is 0. The van der Waals surface area contributed by atoms with Gasteiger partial charge in [-0.2, -0.15) is 0 Å². The van der Waals surface area contributed by atoms with Crippen molar-refractivity contribution in [2.75, 3.05) is 0 Å². The summed E-state index contributed by atoms with van der Waals surface area (Å²) in [5.74, 6) is -0.528. The summed E-state index contributed by atoms with van der Waals surface area (Å²) in [7, 11) is 0. The first-order chi connectivity index (χ1) is 10.5. The van der Waals surface area contributed by atoms with Crippen molar-refractivity contribution >= 4 is 17.9 Å². The zero-order valence-corrected chi connectivity index (χ0v) is 12.3. The van der Waals surface area contributed by atoms with Gasteiger partial charge in [-0.05, 0) is 49.8 Å². The summed E-state index contributed by atoms with van der Waals surface area (Å²) in [4.78, 5) is 16.2. The number of carbonyl (C=O) groups excluding carboxylic acids is 1. The van der Waals surface area contributed by atoms with E-state index in [1.165, 1.54) is 12.1 Å². The molecule has 0 saturated carbocycles. The van der Waals surface area contributed by atoms with Crippen LogP contribution in [0.15, 0.2) is 53.2 Å². The number of carbonyl (C=O) groups is 1. The Hall–Kier alpha value is -2.75. The topological polar surface area (TPSA) is 38.7 Å². The van der Waals surface area contributed by atoms with Gasteiger partial charge >= 0.3 is 5.97 Å². The minimum absolute atomic E-state index is 0.209. The van der Waals surface area contributed by atoms with Crippen LogP contribution in [-0.4, -0.2) is 11.9 Å². The van der Waals surface area contributed by atoms with Crippen LogP contribution in [0.2, 0.25) is 0 Å². The SMILES string of the molecule is Cc1cc(C)cc(C2=N/C(=C\c3ccc(F)cc3)C(=O)O2)c1. The third-order valence-electron chi connectivity index (χ3n) is 3.26. The second-order valence-corrected chi connectivity index (χ2v) is 5.26. The van der Waals surface area contributed by atoms with Crippen molar-refractivity contribution in [2.45, 2.75) is 13.8 Å². The van der Waals surface area contributed by atoms with Gasteiger partial charge in [-0.25, -0.2) is 14.2 Å². The van der Waals surface area contributed by atoms with Gasteiger partial charge in [0.25, 0.3) is 0 Å². The van der Waals surface area contributed by atoms with Crippen molar-refractivity contribution in [2.24, 2.45) is 4.99 Å². The number of hydrogen-bond donors (Lipinski definition) is 0. The number of esters is 1. The lowest BCUT2D eigenvalue weighted by atomic mass is 10.1. The Kier molecular flexibility index (Phi) is 3.59. The highest BCUT2D eigenvalue weighted by molar-refractivity contribution is 6.12. The minimum atomic E-state index is -0.501. The first kappa shape index (κ1) is 14.2. The number of nitrogens with zero attached hydrogens (tertiary/aromatic N) is 1. The highest BCUT2D eigenvalue weighted by atomic mass is 19.1. The number of halogens is 1. The smallest absolute Gasteiger partial charge is 0.363 e. The zero-order valence-electron chi connectivity index (χ0n) is 12.3. The molecule has 0 bridgehead atoms. The number of rotatable bonds is 2. The third kappa shape index (κ3) is 2.96. The van der Waals surface area contributed by atoms with Gasteiger partial charge in [0.2, 0.25) is 5.90 Å². The Bertz CT molecular complexity index is 784. The van der Waals surface area contributed by atoms with E-state index in [1.54, 1.807) is 18.2 Å².